The molecule has 27 heavy (non-hydrogen) atoms. The van der Waals surface area contributed by atoms with Gasteiger partial charge in [0.15, 0.2) is 5.82 Å². The summed E-state index contributed by atoms with van der Waals surface area (Å²) in [6.45, 7) is 0. The fourth-order valence-electron chi connectivity index (χ4n) is 2.91. The van der Waals surface area contributed by atoms with Crippen molar-refractivity contribution < 1.29 is 4.39 Å². The van der Waals surface area contributed by atoms with Crippen molar-refractivity contribution in [2.45, 2.75) is 0 Å². The molecule has 4 rings (SSSR count). The second kappa shape index (κ2) is 7.10. The van der Waals surface area contributed by atoms with Gasteiger partial charge in [0, 0.05) is 36.1 Å². The molecule has 0 atom stereocenters. The van der Waals surface area contributed by atoms with Gasteiger partial charge < -0.3 is 5.32 Å². The molecule has 2 heterocycles. The number of fused-ring (bicyclic) bond motifs is 1. The summed E-state index contributed by atoms with van der Waals surface area (Å²) in [4.78, 5) is 13.0. The first-order chi connectivity index (χ1) is 13.1. The molecule has 2 aromatic heterocycles. The predicted molar refractivity (Wildman–Crippen MR) is 108 cm³/mol. The number of rotatable bonds is 3. The second-order valence-electron chi connectivity index (χ2n) is 5.81. The molecule has 4 nitrogen and oxygen atoms in total. The highest BCUT2D eigenvalue weighted by Crippen LogP contribution is 2.38. The normalized spacial score (nSPS) is 11.0. The molecular weight excluding hydrogens is 386 g/mol. The monoisotopic (exact) mass is 398 g/mol. The first-order valence-electron chi connectivity index (χ1n) is 8.13. The highest BCUT2D eigenvalue weighted by atomic mass is 35.5. The fraction of sp³-hybridized carbons (Fsp3) is 0.0500. The summed E-state index contributed by atoms with van der Waals surface area (Å²) in [5, 5.41) is 3.91. The van der Waals surface area contributed by atoms with E-state index in [-0.39, 0.29) is 0 Å². The minimum Gasteiger partial charge on any atom is -0.372 e. The summed E-state index contributed by atoms with van der Waals surface area (Å²) in [5.41, 5.74) is 2.08. The van der Waals surface area contributed by atoms with E-state index < -0.39 is 5.82 Å². The number of pyridine rings is 1. The number of anilines is 1. The van der Waals surface area contributed by atoms with E-state index in [0.29, 0.717) is 43.7 Å². The molecule has 0 amide bonds. The van der Waals surface area contributed by atoms with Crippen LogP contribution in [-0.4, -0.2) is 22.0 Å². The van der Waals surface area contributed by atoms with Gasteiger partial charge in [-0.2, -0.15) is 0 Å². The van der Waals surface area contributed by atoms with Crippen molar-refractivity contribution >= 4 is 39.9 Å². The van der Waals surface area contributed by atoms with Gasteiger partial charge in [-0.05, 0) is 30.3 Å². The van der Waals surface area contributed by atoms with Crippen molar-refractivity contribution in [3.8, 4) is 22.5 Å². The van der Waals surface area contributed by atoms with Crippen LogP contribution in [0, 0.1) is 5.82 Å². The van der Waals surface area contributed by atoms with Crippen molar-refractivity contribution in [1.29, 1.82) is 0 Å². The highest BCUT2D eigenvalue weighted by molar-refractivity contribution is 6.43. The van der Waals surface area contributed by atoms with E-state index in [1.807, 2.05) is 6.07 Å². The predicted octanol–water partition coefficient (Wildman–Crippen LogP) is 5.85. The van der Waals surface area contributed by atoms with Gasteiger partial charge in [0.1, 0.15) is 11.6 Å². The van der Waals surface area contributed by atoms with Crippen LogP contribution in [-0.2, 0) is 0 Å². The maximum absolute atomic E-state index is 15.4. The van der Waals surface area contributed by atoms with Crippen LogP contribution < -0.4 is 5.32 Å². The van der Waals surface area contributed by atoms with Crippen molar-refractivity contribution in [2.24, 2.45) is 0 Å². The molecule has 0 unspecified atom stereocenters. The van der Waals surface area contributed by atoms with Crippen molar-refractivity contribution in [3.05, 3.63) is 70.7 Å². The fourth-order valence-corrected chi connectivity index (χ4v) is 3.31. The zero-order valence-corrected chi connectivity index (χ0v) is 15.7. The van der Waals surface area contributed by atoms with Gasteiger partial charge in [0.25, 0.3) is 0 Å². The van der Waals surface area contributed by atoms with Crippen LogP contribution in [0.4, 0.5) is 10.2 Å². The third-order valence-electron chi connectivity index (χ3n) is 4.20. The summed E-state index contributed by atoms with van der Waals surface area (Å²) < 4.78 is 15.4. The van der Waals surface area contributed by atoms with E-state index >= 15 is 4.39 Å². The molecule has 0 saturated heterocycles. The van der Waals surface area contributed by atoms with Gasteiger partial charge in [0.05, 0.1) is 20.9 Å². The lowest BCUT2D eigenvalue weighted by Crippen LogP contribution is -2.01. The molecular formula is C20H13Cl2FN4. The van der Waals surface area contributed by atoms with Gasteiger partial charge in [-0.15, -0.1) is 0 Å². The number of nitrogens with one attached hydrogen (secondary N) is 1. The van der Waals surface area contributed by atoms with Crippen LogP contribution in [0.5, 0.6) is 0 Å². The summed E-state index contributed by atoms with van der Waals surface area (Å²) >= 11 is 12.4. The number of hydrogen-bond donors (Lipinski definition) is 1. The Hall–Kier alpha value is -2.76. The zero-order valence-electron chi connectivity index (χ0n) is 14.2. The lowest BCUT2D eigenvalue weighted by Gasteiger charge is -2.13. The van der Waals surface area contributed by atoms with E-state index in [1.165, 1.54) is 0 Å². The van der Waals surface area contributed by atoms with Crippen LogP contribution in [0.3, 0.4) is 0 Å². The molecule has 134 valence electrons. The molecule has 0 fully saturated rings. The number of hydrogen-bond acceptors (Lipinski definition) is 4. The lowest BCUT2D eigenvalue weighted by molar-refractivity contribution is 0.643. The smallest absolute Gasteiger partial charge is 0.163 e. The Morgan fingerprint density at radius 2 is 1.81 bits per heavy atom. The van der Waals surface area contributed by atoms with Crippen LogP contribution in [0.25, 0.3) is 33.4 Å². The Bertz CT molecular complexity index is 1150. The highest BCUT2D eigenvalue weighted by Gasteiger charge is 2.18. The molecule has 0 aliphatic carbocycles. The summed E-state index contributed by atoms with van der Waals surface area (Å²) in [7, 11) is 1.69. The molecule has 0 aliphatic heterocycles. The van der Waals surface area contributed by atoms with Crippen molar-refractivity contribution in [2.75, 3.05) is 12.4 Å². The minimum absolute atomic E-state index is 0.290. The third kappa shape index (κ3) is 3.09. The maximum atomic E-state index is 15.4. The van der Waals surface area contributed by atoms with Crippen LogP contribution in [0.1, 0.15) is 0 Å². The van der Waals surface area contributed by atoms with Crippen LogP contribution in [0.2, 0.25) is 10.0 Å². The van der Waals surface area contributed by atoms with E-state index in [9.17, 15) is 0 Å². The molecule has 4 aromatic rings. The van der Waals surface area contributed by atoms with E-state index in [4.69, 9.17) is 23.2 Å². The topological polar surface area (TPSA) is 50.7 Å². The number of nitrogens with zero attached hydrogens (tertiary/aromatic N) is 3. The zero-order chi connectivity index (χ0) is 19.0. The first kappa shape index (κ1) is 17.6. The van der Waals surface area contributed by atoms with Gasteiger partial charge in [-0.3, -0.25) is 4.98 Å². The summed E-state index contributed by atoms with van der Waals surface area (Å²) in [5.74, 6) is 0.392. The Kier molecular flexibility index (Phi) is 4.64. The van der Waals surface area contributed by atoms with Crippen LogP contribution in [0.15, 0.2) is 54.9 Å². The van der Waals surface area contributed by atoms with Gasteiger partial charge >= 0.3 is 0 Å². The van der Waals surface area contributed by atoms with Gasteiger partial charge in [-0.25, -0.2) is 14.4 Å². The number of halogens is 3. The van der Waals surface area contributed by atoms with E-state index in [2.05, 4.69) is 20.3 Å². The number of aromatic nitrogens is 3. The van der Waals surface area contributed by atoms with Crippen molar-refractivity contribution in [3.63, 3.8) is 0 Å². The molecule has 7 heteroatoms. The quantitative estimate of drug-likeness (QED) is 0.470. The first-order valence-corrected chi connectivity index (χ1v) is 8.88. The summed E-state index contributed by atoms with van der Waals surface area (Å²) in [6.07, 6.45) is 3.33. The molecule has 1 N–H and O–H groups in total. The Morgan fingerprint density at radius 1 is 0.963 bits per heavy atom. The average molecular weight is 399 g/mol. The third-order valence-corrected chi connectivity index (χ3v) is 5.02. The van der Waals surface area contributed by atoms with Gasteiger partial charge in [0.2, 0.25) is 0 Å². The Labute approximate surface area is 165 Å². The van der Waals surface area contributed by atoms with E-state index in [0.717, 1.165) is 5.56 Å². The summed E-state index contributed by atoms with van der Waals surface area (Å²) in [6, 6.07) is 12.2. The van der Waals surface area contributed by atoms with Gasteiger partial charge in [-0.1, -0.05) is 35.3 Å². The molecule has 2 aromatic carbocycles. The largest absolute Gasteiger partial charge is 0.372 e. The molecule has 0 saturated carbocycles. The number of benzene rings is 2. The average Bonchev–Trinajstić information content (AvgIpc) is 2.70. The second-order valence-corrected chi connectivity index (χ2v) is 6.60. The van der Waals surface area contributed by atoms with E-state index in [1.54, 1.807) is 55.8 Å². The Balaban J connectivity index is 1.97. The lowest BCUT2D eigenvalue weighted by atomic mass is 10.0. The molecule has 0 aliphatic rings. The SMILES string of the molecule is CNc1nc(-c2cccnc2)nc2ccc(-c3cccc(Cl)c3Cl)c(F)c12. The molecule has 0 bridgehead atoms. The standard InChI is InChI=1S/C20H13Cl2FN4/c1-24-20-16-15(26-19(27-20)11-4-3-9-25-10-11)8-7-13(18(16)23)12-5-2-6-14(21)17(12)22/h2-10H,1H3,(H,24,26,27). The Morgan fingerprint density at radius 3 is 2.56 bits per heavy atom. The van der Waals surface area contributed by atoms with Crippen LogP contribution >= 0.6 is 23.2 Å². The minimum atomic E-state index is -0.459. The molecule has 0 spiro atoms. The molecule has 0 radical (unpaired) electrons. The maximum Gasteiger partial charge on any atom is 0.163 e. The van der Waals surface area contributed by atoms with Crippen molar-refractivity contribution in [1.82, 2.24) is 15.0 Å².